The van der Waals surface area contributed by atoms with Crippen molar-refractivity contribution >= 4 is 0 Å². The topological polar surface area (TPSA) is 26.0 Å². The Labute approximate surface area is 91.5 Å². The number of rotatable bonds is 4. The molecule has 0 spiro atoms. The first-order chi connectivity index (χ1) is 7.06. The highest BCUT2D eigenvalue weighted by Crippen LogP contribution is 2.22. The summed E-state index contributed by atoms with van der Waals surface area (Å²) in [6.07, 6.45) is 3.24. The molecule has 2 heteroatoms. The van der Waals surface area contributed by atoms with E-state index in [0.717, 1.165) is 24.8 Å². The molecule has 0 aromatic heterocycles. The second-order valence-electron chi connectivity index (χ2n) is 4.22. The Bertz CT molecular complexity index is 310. The van der Waals surface area contributed by atoms with Gasteiger partial charge >= 0.3 is 0 Å². The quantitative estimate of drug-likeness (QED) is 0.805. The van der Waals surface area contributed by atoms with E-state index in [0.29, 0.717) is 11.1 Å². The Balaban J connectivity index is 2.86. The number of halogens is 1. The minimum absolute atomic E-state index is 0.0444. The number of hydrogen-bond acceptors (Lipinski definition) is 1. The Kier molecular flexibility index (Phi) is 4.28. The van der Waals surface area contributed by atoms with Gasteiger partial charge in [-0.1, -0.05) is 31.9 Å². The SMILES string of the molecule is CCCCC(N)c1cc(C)c(F)c(C)c1. The van der Waals surface area contributed by atoms with Crippen LogP contribution in [-0.2, 0) is 0 Å². The van der Waals surface area contributed by atoms with Gasteiger partial charge in [0, 0.05) is 6.04 Å². The molecule has 1 rings (SSSR count). The van der Waals surface area contributed by atoms with E-state index in [1.165, 1.54) is 0 Å². The van der Waals surface area contributed by atoms with E-state index in [2.05, 4.69) is 6.92 Å². The summed E-state index contributed by atoms with van der Waals surface area (Å²) in [7, 11) is 0. The molecule has 15 heavy (non-hydrogen) atoms. The van der Waals surface area contributed by atoms with Gasteiger partial charge < -0.3 is 5.73 Å². The van der Waals surface area contributed by atoms with Crippen LogP contribution in [0.5, 0.6) is 0 Å². The summed E-state index contributed by atoms with van der Waals surface area (Å²) in [5.74, 6) is -0.110. The lowest BCUT2D eigenvalue weighted by Gasteiger charge is -2.13. The van der Waals surface area contributed by atoms with Crippen LogP contribution < -0.4 is 5.73 Å². The van der Waals surface area contributed by atoms with Gasteiger partial charge in [-0.05, 0) is 37.0 Å². The largest absolute Gasteiger partial charge is 0.324 e. The van der Waals surface area contributed by atoms with Gasteiger partial charge in [0.1, 0.15) is 5.82 Å². The van der Waals surface area contributed by atoms with Crippen LogP contribution in [0.4, 0.5) is 4.39 Å². The summed E-state index contributed by atoms with van der Waals surface area (Å²) in [6.45, 7) is 5.73. The third kappa shape index (κ3) is 3.03. The summed E-state index contributed by atoms with van der Waals surface area (Å²) in [4.78, 5) is 0. The standard InChI is InChI=1S/C13H20FN/c1-4-5-6-12(15)11-7-9(2)13(14)10(3)8-11/h7-8,12H,4-6,15H2,1-3H3. The highest BCUT2D eigenvalue weighted by molar-refractivity contribution is 5.32. The van der Waals surface area contributed by atoms with E-state index in [9.17, 15) is 4.39 Å². The summed E-state index contributed by atoms with van der Waals surface area (Å²) in [5, 5.41) is 0. The van der Waals surface area contributed by atoms with E-state index in [-0.39, 0.29) is 11.9 Å². The van der Waals surface area contributed by atoms with Gasteiger partial charge in [0.25, 0.3) is 0 Å². The maximum absolute atomic E-state index is 13.4. The van der Waals surface area contributed by atoms with Crippen LogP contribution in [0.15, 0.2) is 12.1 Å². The Morgan fingerprint density at radius 2 is 1.80 bits per heavy atom. The zero-order valence-corrected chi connectivity index (χ0v) is 9.81. The first kappa shape index (κ1) is 12.2. The fraction of sp³-hybridized carbons (Fsp3) is 0.538. The highest BCUT2D eigenvalue weighted by atomic mass is 19.1. The van der Waals surface area contributed by atoms with Gasteiger partial charge in [-0.2, -0.15) is 0 Å². The molecule has 0 saturated carbocycles. The molecule has 84 valence electrons. The van der Waals surface area contributed by atoms with Crippen molar-refractivity contribution in [2.75, 3.05) is 0 Å². The van der Waals surface area contributed by atoms with E-state index in [4.69, 9.17) is 5.73 Å². The van der Waals surface area contributed by atoms with Crippen molar-refractivity contribution in [1.29, 1.82) is 0 Å². The Morgan fingerprint density at radius 1 is 1.27 bits per heavy atom. The lowest BCUT2D eigenvalue weighted by Crippen LogP contribution is -2.11. The van der Waals surface area contributed by atoms with Crippen LogP contribution in [0.1, 0.15) is 48.9 Å². The van der Waals surface area contributed by atoms with Gasteiger partial charge in [-0.3, -0.25) is 0 Å². The van der Waals surface area contributed by atoms with Gasteiger partial charge in [0.05, 0.1) is 0 Å². The molecule has 0 aliphatic rings. The molecule has 0 saturated heterocycles. The minimum Gasteiger partial charge on any atom is -0.324 e. The molecule has 1 aromatic rings. The maximum Gasteiger partial charge on any atom is 0.129 e. The van der Waals surface area contributed by atoms with Crippen molar-refractivity contribution in [3.63, 3.8) is 0 Å². The molecule has 0 bridgehead atoms. The highest BCUT2D eigenvalue weighted by Gasteiger charge is 2.09. The third-order valence-electron chi connectivity index (χ3n) is 2.76. The molecule has 1 aromatic carbocycles. The van der Waals surface area contributed by atoms with Crippen molar-refractivity contribution in [2.45, 2.75) is 46.1 Å². The Morgan fingerprint density at radius 3 is 2.27 bits per heavy atom. The van der Waals surface area contributed by atoms with E-state index < -0.39 is 0 Å². The third-order valence-corrected chi connectivity index (χ3v) is 2.76. The molecule has 1 nitrogen and oxygen atoms in total. The smallest absolute Gasteiger partial charge is 0.129 e. The van der Waals surface area contributed by atoms with Crippen molar-refractivity contribution in [2.24, 2.45) is 5.73 Å². The number of benzene rings is 1. The molecule has 0 fully saturated rings. The predicted molar refractivity (Wildman–Crippen MR) is 62.3 cm³/mol. The first-order valence-electron chi connectivity index (χ1n) is 5.58. The zero-order valence-electron chi connectivity index (χ0n) is 9.81. The van der Waals surface area contributed by atoms with Crippen molar-refractivity contribution in [3.05, 3.63) is 34.6 Å². The van der Waals surface area contributed by atoms with Gasteiger partial charge in [0.15, 0.2) is 0 Å². The molecular formula is C13H20FN. The van der Waals surface area contributed by atoms with Crippen LogP contribution >= 0.6 is 0 Å². The monoisotopic (exact) mass is 209 g/mol. The normalized spacial score (nSPS) is 12.9. The summed E-state index contributed by atoms with van der Waals surface area (Å²) >= 11 is 0. The molecule has 0 radical (unpaired) electrons. The summed E-state index contributed by atoms with van der Waals surface area (Å²) in [5.41, 5.74) is 8.49. The molecular weight excluding hydrogens is 189 g/mol. The molecule has 0 heterocycles. The van der Waals surface area contributed by atoms with E-state index in [1.807, 2.05) is 12.1 Å². The fourth-order valence-electron chi connectivity index (χ4n) is 1.78. The molecule has 2 N–H and O–H groups in total. The number of nitrogens with two attached hydrogens (primary N) is 1. The summed E-state index contributed by atoms with van der Waals surface area (Å²) < 4.78 is 13.4. The van der Waals surface area contributed by atoms with Crippen LogP contribution in [0, 0.1) is 19.7 Å². The van der Waals surface area contributed by atoms with E-state index >= 15 is 0 Å². The van der Waals surface area contributed by atoms with Crippen molar-refractivity contribution < 1.29 is 4.39 Å². The number of hydrogen-bond donors (Lipinski definition) is 1. The zero-order chi connectivity index (χ0) is 11.4. The lowest BCUT2D eigenvalue weighted by molar-refractivity contribution is 0.588. The van der Waals surface area contributed by atoms with Crippen LogP contribution in [0.3, 0.4) is 0 Å². The maximum atomic E-state index is 13.4. The second kappa shape index (κ2) is 5.26. The average Bonchev–Trinajstić information content (AvgIpc) is 2.21. The van der Waals surface area contributed by atoms with Crippen molar-refractivity contribution in [1.82, 2.24) is 0 Å². The molecule has 1 atom stereocenters. The Hall–Kier alpha value is -0.890. The fourth-order valence-corrected chi connectivity index (χ4v) is 1.78. The summed E-state index contributed by atoms with van der Waals surface area (Å²) in [6, 6.07) is 3.77. The predicted octanol–water partition coefficient (Wildman–Crippen LogP) is 3.63. The van der Waals surface area contributed by atoms with Gasteiger partial charge in [0.2, 0.25) is 0 Å². The van der Waals surface area contributed by atoms with Crippen LogP contribution in [0.25, 0.3) is 0 Å². The minimum atomic E-state index is -0.110. The number of aryl methyl sites for hydroxylation is 2. The van der Waals surface area contributed by atoms with Crippen LogP contribution in [0.2, 0.25) is 0 Å². The first-order valence-corrected chi connectivity index (χ1v) is 5.58. The molecule has 1 unspecified atom stereocenters. The van der Waals surface area contributed by atoms with E-state index in [1.54, 1.807) is 13.8 Å². The molecule has 0 aliphatic carbocycles. The molecule has 0 aliphatic heterocycles. The van der Waals surface area contributed by atoms with Crippen molar-refractivity contribution in [3.8, 4) is 0 Å². The second-order valence-corrected chi connectivity index (χ2v) is 4.22. The number of unbranched alkanes of at least 4 members (excludes halogenated alkanes) is 1. The molecule has 0 amide bonds. The average molecular weight is 209 g/mol. The van der Waals surface area contributed by atoms with Gasteiger partial charge in [-0.15, -0.1) is 0 Å². The van der Waals surface area contributed by atoms with Gasteiger partial charge in [-0.25, -0.2) is 4.39 Å². The van der Waals surface area contributed by atoms with Crippen LogP contribution in [-0.4, -0.2) is 0 Å². The lowest BCUT2D eigenvalue weighted by atomic mass is 9.98.